The molecule has 1 aromatic heterocycles. The summed E-state index contributed by atoms with van der Waals surface area (Å²) in [5.74, 6) is -4.32. The standard InChI is InChI=1S/C34H36O15/c1-6-7-15-41-27-24-14-13-23(16-25(24)47-33(40)30(27)49-32(39)22-11-9-8-10-12-22)46-34-31(45-21(5)38)29(44-20(4)37)28(43-19(3)36)26(48-34)17-42-18(2)35/h8-14,16,26,28-29,31,34H,6-7,15,17H2,1-5H3/t26-,28+,29+,31-,34-/m1/s1. The summed E-state index contributed by atoms with van der Waals surface area (Å²) < 4.78 is 50.3. The normalized spacial score (nSPS) is 20.1. The molecule has 2 heterocycles. The molecule has 0 spiro atoms. The fraction of sp³-hybridized carbons (Fsp3) is 0.412. The molecule has 0 radical (unpaired) electrons. The molecule has 0 amide bonds. The van der Waals surface area contributed by atoms with Crippen molar-refractivity contribution in [1.82, 2.24) is 0 Å². The van der Waals surface area contributed by atoms with Gasteiger partial charge in [-0.2, -0.15) is 0 Å². The SMILES string of the molecule is CCCCOc1c(OC(=O)c2ccccc2)c(=O)oc2cc(O[C@@H]3O[C@H](COC(C)=O)[C@H](OC(C)=O)[C@H](OC(C)=O)[C@H]3OC(C)=O)ccc12. The van der Waals surface area contributed by atoms with Crippen LogP contribution < -0.4 is 19.8 Å². The van der Waals surface area contributed by atoms with E-state index in [1.165, 1.54) is 30.3 Å². The molecule has 0 saturated carbocycles. The fourth-order valence-electron chi connectivity index (χ4n) is 4.90. The van der Waals surface area contributed by atoms with Gasteiger partial charge in [0.1, 0.15) is 24.0 Å². The minimum Gasteiger partial charge on any atom is -0.489 e. The van der Waals surface area contributed by atoms with Crippen molar-refractivity contribution in [3.05, 3.63) is 64.5 Å². The van der Waals surface area contributed by atoms with Crippen LogP contribution in [0.15, 0.2) is 57.7 Å². The van der Waals surface area contributed by atoms with Gasteiger partial charge in [-0.25, -0.2) is 9.59 Å². The average molecular weight is 685 g/mol. The number of esters is 5. The van der Waals surface area contributed by atoms with Gasteiger partial charge >= 0.3 is 35.5 Å². The molecule has 0 N–H and O–H groups in total. The van der Waals surface area contributed by atoms with Gasteiger partial charge in [0.05, 0.1) is 17.6 Å². The molecule has 15 nitrogen and oxygen atoms in total. The van der Waals surface area contributed by atoms with Crippen LogP contribution in [0.2, 0.25) is 0 Å². The third-order valence-corrected chi connectivity index (χ3v) is 6.94. The van der Waals surface area contributed by atoms with Crippen LogP contribution in [0.3, 0.4) is 0 Å². The third kappa shape index (κ3) is 9.56. The summed E-state index contributed by atoms with van der Waals surface area (Å²) >= 11 is 0. The van der Waals surface area contributed by atoms with Gasteiger partial charge in [0.25, 0.3) is 5.75 Å². The maximum Gasteiger partial charge on any atom is 0.383 e. The Kier molecular flexibility index (Phi) is 12.3. The maximum atomic E-state index is 13.2. The van der Waals surface area contributed by atoms with Crippen molar-refractivity contribution in [3.8, 4) is 17.2 Å². The molecule has 0 unspecified atom stereocenters. The second-order valence-corrected chi connectivity index (χ2v) is 10.8. The first-order valence-electron chi connectivity index (χ1n) is 15.4. The lowest BCUT2D eigenvalue weighted by Crippen LogP contribution is -2.63. The Hall–Kier alpha value is -5.44. The van der Waals surface area contributed by atoms with Crippen LogP contribution in [-0.4, -0.2) is 73.8 Å². The van der Waals surface area contributed by atoms with Crippen LogP contribution >= 0.6 is 0 Å². The molecule has 262 valence electrons. The zero-order valence-electron chi connectivity index (χ0n) is 27.5. The molecule has 0 aliphatic carbocycles. The van der Waals surface area contributed by atoms with E-state index in [4.69, 9.17) is 42.3 Å². The highest BCUT2D eigenvalue weighted by molar-refractivity contribution is 5.93. The molecule has 1 aliphatic rings. The van der Waals surface area contributed by atoms with Gasteiger partial charge in [0, 0.05) is 33.8 Å². The van der Waals surface area contributed by atoms with E-state index in [9.17, 15) is 28.8 Å². The Morgan fingerprint density at radius 3 is 2.06 bits per heavy atom. The highest BCUT2D eigenvalue weighted by atomic mass is 16.7. The van der Waals surface area contributed by atoms with Crippen molar-refractivity contribution in [2.75, 3.05) is 13.2 Å². The van der Waals surface area contributed by atoms with Crippen LogP contribution in [0.5, 0.6) is 17.2 Å². The zero-order valence-corrected chi connectivity index (χ0v) is 27.5. The van der Waals surface area contributed by atoms with E-state index >= 15 is 0 Å². The number of carbonyl (C=O) groups is 5. The highest BCUT2D eigenvalue weighted by Gasteiger charge is 2.53. The molecule has 4 rings (SSSR count). The molecule has 5 atom stereocenters. The van der Waals surface area contributed by atoms with Crippen molar-refractivity contribution >= 4 is 40.8 Å². The summed E-state index contributed by atoms with van der Waals surface area (Å²) in [5.41, 5.74) is -0.832. The van der Waals surface area contributed by atoms with Crippen molar-refractivity contribution in [3.63, 3.8) is 0 Å². The lowest BCUT2D eigenvalue weighted by atomic mass is 9.98. The number of rotatable bonds is 13. The van der Waals surface area contributed by atoms with Gasteiger partial charge in [0.2, 0.25) is 12.4 Å². The van der Waals surface area contributed by atoms with Crippen LogP contribution in [0, 0.1) is 0 Å². The number of hydrogen-bond donors (Lipinski definition) is 0. The third-order valence-electron chi connectivity index (χ3n) is 6.94. The van der Waals surface area contributed by atoms with Crippen LogP contribution in [0.1, 0.15) is 57.8 Å². The first kappa shape index (κ1) is 36.4. The number of hydrogen-bond acceptors (Lipinski definition) is 15. The minimum atomic E-state index is -1.53. The predicted molar refractivity (Wildman–Crippen MR) is 167 cm³/mol. The number of ether oxygens (including phenoxy) is 8. The largest absolute Gasteiger partial charge is 0.489 e. The molecule has 1 saturated heterocycles. The first-order valence-corrected chi connectivity index (χ1v) is 15.4. The molecular weight excluding hydrogens is 648 g/mol. The smallest absolute Gasteiger partial charge is 0.383 e. The quantitative estimate of drug-likeness (QED) is 0.110. The minimum absolute atomic E-state index is 0.0186. The van der Waals surface area contributed by atoms with E-state index < -0.39 is 78.5 Å². The number of unbranched alkanes of at least 4 members (excludes halogenated alkanes) is 1. The van der Waals surface area contributed by atoms with E-state index in [0.29, 0.717) is 6.42 Å². The zero-order chi connectivity index (χ0) is 35.7. The molecule has 49 heavy (non-hydrogen) atoms. The van der Waals surface area contributed by atoms with Crippen molar-refractivity contribution in [1.29, 1.82) is 0 Å². The molecule has 1 aliphatic heterocycles. The Balaban J connectivity index is 1.74. The summed E-state index contributed by atoms with van der Waals surface area (Å²) in [6.07, 6.45) is -5.67. The second-order valence-electron chi connectivity index (χ2n) is 10.8. The summed E-state index contributed by atoms with van der Waals surface area (Å²) in [7, 11) is 0. The number of carbonyl (C=O) groups excluding carboxylic acids is 5. The van der Waals surface area contributed by atoms with Crippen molar-refractivity contribution in [2.45, 2.75) is 78.2 Å². The first-order chi connectivity index (χ1) is 23.4. The second kappa shape index (κ2) is 16.6. The number of fused-ring (bicyclic) bond motifs is 1. The molecule has 0 bridgehead atoms. The van der Waals surface area contributed by atoms with Gasteiger partial charge < -0.3 is 42.3 Å². The Morgan fingerprint density at radius 1 is 0.776 bits per heavy atom. The molecule has 2 aromatic carbocycles. The summed E-state index contributed by atoms with van der Waals surface area (Å²) in [6.45, 7) is 6.16. The molecule has 15 heteroatoms. The van der Waals surface area contributed by atoms with E-state index in [1.54, 1.807) is 18.2 Å². The van der Waals surface area contributed by atoms with Crippen LogP contribution in [0.25, 0.3) is 11.0 Å². The lowest BCUT2D eigenvalue weighted by Gasteiger charge is -2.43. The topological polar surface area (TPSA) is 189 Å². The highest BCUT2D eigenvalue weighted by Crippen LogP contribution is 2.37. The van der Waals surface area contributed by atoms with E-state index in [1.807, 2.05) is 6.92 Å². The van der Waals surface area contributed by atoms with Gasteiger partial charge in [0.15, 0.2) is 18.0 Å². The summed E-state index contributed by atoms with van der Waals surface area (Å²) in [5, 5.41) is 0.264. The molecular formula is C34H36O15. The van der Waals surface area contributed by atoms with Gasteiger partial charge in [-0.05, 0) is 30.7 Å². The fourth-order valence-corrected chi connectivity index (χ4v) is 4.90. The summed E-state index contributed by atoms with van der Waals surface area (Å²) in [4.78, 5) is 74.0. The van der Waals surface area contributed by atoms with E-state index in [2.05, 4.69) is 0 Å². The van der Waals surface area contributed by atoms with Crippen LogP contribution in [-0.2, 0) is 42.9 Å². The van der Waals surface area contributed by atoms with Gasteiger partial charge in [-0.1, -0.05) is 31.5 Å². The average Bonchev–Trinajstić information content (AvgIpc) is 3.04. The van der Waals surface area contributed by atoms with Crippen molar-refractivity contribution in [2.24, 2.45) is 0 Å². The monoisotopic (exact) mass is 684 g/mol. The van der Waals surface area contributed by atoms with Crippen molar-refractivity contribution < 1.29 is 66.3 Å². The van der Waals surface area contributed by atoms with E-state index in [-0.39, 0.29) is 34.6 Å². The summed E-state index contributed by atoms with van der Waals surface area (Å²) in [6, 6.07) is 12.3. The Morgan fingerprint density at radius 2 is 1.43 bits per heavy atom. The van der Waals surface area contributed by atoms with Gasteiger partial charge in [-0.3, -0.25) is 19.2 Å². The maximum absolute atomic E-state index is 13.2. The molecule has 1 fully saturated rings. The van der Waals surface area contributed by atoms with Crippen LogP contribution in [0.4, 0.5) is 0 Å². The lowest BCUT2D eigenvalue weighted by molar-refractivity contribution is -0.288. The molecule has 3 aromatic rings. The predicted octanol–water partition coefficient (Wildman–Crippen LogP) is 3.65. The van der Waals surface area contributed by atoms with Gasteiger partial charge in [-0.15, -0.1) is 0 Å². The van der Waals surface area contributed by atoms with E-state index in [0.717, 1.165) is 34.1 Å². The Labute approximate surface area is 280 Å². The Bertz CT molecular complexity index is 1730. The number of benzene rings is 2.